The predicted molar refractivity (Wildman–Crippen MR) is 40.8 cm³/mol. The lowest BCUT2D eigenvalue weighted by Crippen LogP contribution is -2.32. The van der Waals surface area contributed by atoms with Crippen molar-refractivity contribution < 1.29 is 22.4 Å². The average molecular weight is 209 g/mol. The van der Waals surface area contributed by atoms with Gasteiger partial charge in [0.15, 0.2) is 6.29 Å². The summed E-state index contributed by atoms with van der Waals surface area (Å²) in [6, 6.07) is 2.61. The summed E-state index contributed by atoms with van der Waals surface area (Å²) in [6.45, 7) is -1.19. The summed E-state index contributed by atoms with van der Waals surface area (Å²) in [7, 11) is 0. The fourth-order valence-corrected chi connectivity index (χ4v) is 0.974. The molecule has 1 aromatic rings. The maximum atomic E-state index is 12.5. The molecule has 0 radical (unpaired) electrons. The molecule has 14 heavy (non-hydrogen) atoms. The summed E-state index contributed by atoms with van der Waals surface area (Å²) in [5.41, 5.74) is -0.0506. The molecule has 0 fully saturated rings. The highest BCUT2D eigenvalue weighted by molar-refractivity contribution is 5.72. The van der Waals surface area contributed by atoms with Crippen LogP contribution in [0.1, 0.15) is 10.5 Å². The van der Waals surface area contributed by atoms with Crippen LogP contribution < -0.4 is 0 Å². The van der Waals surface area contributed by atoms with E-state index in [0.29, 0.717) is 6.29 Å². The molecule has 1 heterocycles. The predicted octanol–water partition coefficient (Wildman–Crippen LogP) is 2.20. The molecule has 0 N–H and O–H groups in total. The first-order chi connectivity index (χ1) is 6.47. The van der Waals surface area contributed by atoms with Gasteiger partial charge >= 0.3 is 12.3 Å². The smallest absolute Gasteiger partial charge is 0.324 e. The number of carbonyl (C=O) groups excluding carboxylic acids is 1. The van der Waals surface area contributed by atoms with Gasteiger partial charge in [0.1, 0.15) is 0 Å². The molecule has 0 bridgehead atoms. The Hall–Kier alpha value is -1.33. The minimum absolute atomic E-state index is 0.0506. The van der Waals surface area contributed by atoms with E-state index < -0.39 is 18.9 Å². The van der Waals surface area contributed by atoms with Gasteiger partial charge in [0.25, 0.3) is 0 Å². The van der Waals surface area contributed by atoms with Crippen LogP contribution in [0, 0.1) is 0 Å². The molecule has 0 atom stereocenters. The molecule has 1 rings (SSSR count). The van der Waals surface area contributed by atoms with Gasteiger partial charge in [-0.2, -0.15) is 8.78 Å². The van der Waals surface area contributed by atoms with E-state index in [9.17, 15) is 22.4 Å². The molecule has 0 aliphatic carbocycles. The van der Waals surface area contributed by atoms with Crippen LogP contribution in [0.2, 0.25) is 0 Å². The van der Waals surface area contributed by atoms with E-state index in [0.717, 1.165) is 10.8 Å². The number of hydrogen-bond donors (Lipinski definition) is 0. The summed E-state index contributed by atoms with van der Waals surface area (Å²) in [6.07, 6.45) is -2.24. The number of aromatic nitrogens is 1. The first-order valence-electron chi connectivity index (χ1n) is 3.73. The standard InChI is InChI=1S/C8H7F4NO/c9-7(10)8(11,12)5-13-3-1-2-6(13)4-14/h1-4,7H,5H2. The zero-order valence-electron chi connectivity index (χ0n) is 6.96. The van der Waals surface area contributed by atoms with E-state index in [1.54, 1.807) is 0 Å². The number of rotatable bonds is 4. The molecular formula is C8H7F4NO. The summed E-state index contributed by atoms with van der Waals surface area (Å²) in [4.78, 5) is 10.3. The third kappa shape index (κ3) is 2.12. The van der Waals surface area contributed by atoms with Crippen LogP contribution in [0.15, 0.2) is 18.3 Å². The SMILES string of the molecule is O=Cc1cccn1CC(F)(F)C(F)F. The molecule has 6 heteroatoms. The minimum atomic E-state index is -4.11. The van der Waals surface area contributed by atoms with Gasteiger partial charge in [-0.15, -0.1) is 0 Å². The molecule has 78 valence electrons. The molecule has 0 aliphatic rings. The summed E-state index contributed by atoms with van der Waals surface area (Å²) in [5, 5.41) is 0. The van der Waals surface area contributed by atoms with E-state index in [1.165, 1.54) is 12.1 Å². The monoisotopic (exact) mass is 209 g/mol. The lowest BCUT2D eigenvalue weighted by atomic mass is 10.3. The Kier molecular flexibility index (Phi) is 2.93. The number of carbonyl (C=O) groups is 1. The van der Waals surface area contributed by atoms with E-state index in [-0.39, 0.29) is 5.69 Å². The highest BCUT2D eigenvalue weighted by atomic mass is 19.3. The van der Waals surface area contributed by atoms with Crippen LogP contribution in [0.3, 0.4) is 0 Å². The highest BCUT2D eigenvalue weighted by Gasteiger charge is 2.41. The van der Waals surface area contributed by atoms with Crippen LogP contribution in [-0.2, 0) is 6.54 Å². The van der Waals surface area contributed by atoms with Crippen molar-refractivity contribution in [1.82, 2.24) is 4.57 Å². The van der Waals surface area contributed by atoms with Gasteiger partial charge in [0, 0.05) is 6.20 Å². The van der Waals surface area contributed by atoms with Gasteiger partial charge in [-0.1, -0.05) is 0 Å². The summed E-state index contributed by atoms with van der Waals surface area (Å²) < 4.78 is 49.4. The van der Waals surface area contributed by atoms with Crippen molar-refractivity contribution in [3.63, 3.8) is 0 Å². The third-order valence-electron chi connectivity index (χ3n) is 1.69. The topological polar surface area (TPSA) is 22.0 Å². The van der Waals surface area contributed by atoms with E-state index in [4.69, 9.17) is 0 Å². The number of aldehydes is 1. The van der Waals surface area contributed by atoms with E-state index in [1.807, 2.05) is 0 Å². The lowest BCUT2D eigenvalue weighted by Gasteiger charge is -2.16. The second kappa shape index (κ2) is 3.81. The van der Waals surface area contributed by atoms with Gasteiger partial charge in [0.05, 0.1) is 12.2 Å². The van der Waals surface area contributed by atoms with Crippen molar-refractivity contribution in [2.45, 2.75) is 18.9 Å². The van der Waals surface area contributed by atoms with Gasteiger partial charge < -0.3 is 4.57 Å². The Morgan fingerprint density at radius 1 is 1.50 bits per heavy atom. The molecule has 0 amide bonds. The summed E-state index contributed by atoms with van der Waals surface area (Å²) >= 11 is 0. The third-order valence-corrected chi connectivity index (χ3v) is 1.69. The van der Waals surface area contributed by atoms with Crippen LogP contribution in [-0.4, -0.2) is 23.2 Å². The molecule has 0 saturated carbocycles. The first-order valence-corrected chi connectivity index (χ1v) is 3.73. The second-order valence-corrected chi connectivity index (χ2v) is 2.74. The number of halogens is 4. The molecule has 1 aromatic heterocycles. The van der Waals surface area contributed by atoms with Crippen molar-refractivity contribution in [1.29, 1.82) is 0 Å². The maximum Gasteiger partial charge on any atom is 0.324 e. The van der Waals surface area contributed by atoms with Crippen LogP contribution in [0.25, 0.3) is 0 Å². The molecule has 0 spiro atoms. The molecule has 0 aromatic carbocycles. The van der Waals surface area contributed by atoms with Crippen LogP contribution >= 0.6 is 0 Å². The summed E-state index contributed by atoms with van der Waals surface area (Å²) in [5.74, 6) is -4.11. The Morgan fingerprint density at radius 3 is 2.64 bits per heavy atom. The Bertz CT molecular complexity index is 321. The maximum absolute atomic E-state index is 12.5. The Morgan fingerprint density at radius 2 is 2.14 bits per heavy atom. The molecule has 0 saturated heterocycles. The van der Waals surface area contributed by atoms with Crippen LogP contribution in [0.5, 0.6) is 0 Å². The largest absolute Gasteiger partial charge is 0.339 e. The Balaban J connectivity index is 2.83. The van der Waals surface area contributed by atoms with Gasteiger partial charge in [-0.3, -0.25) is 4.79 Å². The zero-order chi connectivity index (χ0) is 10.8. The quantitative estimate of drug-likeness (QED) is 0.550. The van der Waals surface area contributed by atoms with Gasteiger partial charge in [-0.05, 0) is 12.1 Å². The van der Waals surface area contributed by atoms with Crippen molar-refractivity contribution in [2.75, 3.05) is 0 Å². The average Bonchev–Trinajstić information content (AvgIpc) is 2.50. The van der Waals surface area contributed by atoms with Crippen molar-refractivity contribution in [2.24, 2.45) is 0 Å². The molecule has 0 aliphatic heterocycles. The number of hydrogen-bond acceptors (Lipinski definition) is 1. The lowest BCUT2D eigenvalue weighted by molar-refractivity contribution is -0.137. The normalized spacial score (nSPS) is 12.1. The fraction of sp³-hybridized carbons (Fsp3) is 0.375. The first kappa shape index (κ1) is 10.7. The highest BCUT2D eigenvalue weighted by Crippen LogP contribution is 2.25. The molecular weight excluding hydrogens is 202 g/mol. The second-order valence-electron chi connectivity index (χ2n) is 2.74. The number of alkyl halides is 4. The van der Waals surface area contributed by atoms with Gasteiger partial charge in [-0.25, -0.2) is 8.78 Å². The number of nitrogens with zero attached hydrogens (tertiary/aromatic N) is 1. The van der Waals surface area contributed by atoms with Crippen LogP contribution in [0.4, 0.5) is 17.6 Å². The molecule has 2 nitrogen and oxygen atoms in total. The van der Waals surface area contributed by atoms with Crippen molar-refractivity contribution in [3.8, 4) is 0 Å². The van der Waals surface area contributed by atoms with E-state index >= 15 is 0 Å². The van der Waals surface area contributed by atoms with Gasteiger partial charge in [0.2, 0.25) is 0 Å². The van der Waals surface area contributed by atoms with E-state index in [2.05, 4.69) is 0 Å². The fourth-order valence-electron chi connectivity index (χ4n) is 0.974. The Labute approximate surface area is 77.1 Å². The molecule has 0 unspecified atom stereocenters. The zero-order valence-corrected chi connectivity index (χ0v) is 6.96. The van der Waals surface area contributed by atoms with Crippen molar-refractivity contribution in [3.05, 3.63) is 24.0 Å². The van der Waals surface area contributed by atoms with Crippen molar-refractivity contribution >= 4 is 6.29 Å². The minimum Gasteiger partial charge on any atom is -0.339 e.